The van der Waals surface area contributed by atoms with Crippen LogP contribution >= 0.6 is 0 Å². The van der Waals surface area contributed by atoms with Crippen LogP contribution in [-0.4, -0.2) is 27.4 Å². The minimum atomic E-state index is -3.98. The molecule has 0 aliphatic carbocycles. The normalized spacial score (nSPS) is 11.9. The van der Waals surface area contributed by atoms with E-state index in [0.29, 0.717) is 0 Å². The Morgan fingerprint density at radius 3 is 2.13 bits per heavy atom. The van der Waals surface area contributed by atoms with Gasteiger partial charge in [-0.3, -0.25) is 9.52 Å². The molecule has 1 amide bonds. The van der Waals surface area contributed by atoms with Gasteiger partial charge in [0, 0.05) is 0 Å². The number of carbonyl (C=O) groups excluding carboxylic acids is 2. The zero-order chi connectivity index (χ0) is 22.4. The average molecular weight is 439 g/mol. The van der Waals surface area contributed by atoms with E-state index in [1.807, 2.05) is 37.3 Å². The number of hydrogen-bond acceptors (Lipinski definition) is 5. The van der Waals surface area contributed by atoms with Gasteiger partial charge >= 0.3 is 5.97 Å². The standard InChI is InChI=1S/C23H22N2O5S/c1-16(17-8-4-3-5-9-17)24-22(26)20-10-6-7-11-21(20)25-31(28,29)19-14-12-18(13-15-19)23(27)30-2/h3-16,25H,1-2H3,(H,24,26). The topological polar surface area (TPSA) is 102 Å². The first kappa shape index (κ1) is 22.0. The molecule has 0 radical (unpaired) electrons. The molecule has 8 heteroatoms. The molecule has 160 valence electrons. The molecular weight excluding hydrogens is 416 g/mol. The van der Waals surface area contributed by atoms with E-state index >= 15 is 0 Å². The number of ether oxygens (including phenoxy) is 1. The van der Waals surface area contributed by atoms with E-state index in [-0.39, 0.29) is 27.8 Å². The lowest BCUT2D eigenvalue weighted by atomic mass is 10.1. The first-order valence-electron chi connectivity index (χ1n) is 9.48. The van der Waals surface area contributed by atoms with Crippen molar-refractivity contribution in [2.75, 3.05) is 11.8 Å². The zero-order valence-corrected chi connectivity index (χ0v) is 17.8. The van der Waals surface area contributed by atoms with Crippen molar-refractivity contribution >= 4 is 27.6 Å². The molecule has 1 unspecified atom stereocenters. The molecule has 0 aliphatic rings. The van der Waals surface area contributed by atoms with Crippen LogP contribution in [0.15, 0.2) is 83.8 Å². The Hall–Kier alpha value is -3.65. The van der Waals surface area contributed by atoms with Crippen molar-refractivity contribution < 1.29 is 22.7 Å². The predicted octanol–water partition coefficient (Wildman–Crippen LogP) is 3.77. The van der Waals surface area contributed by atoms with Crippen molar-refractivity contribution in [2.24, 2.45) is 0 Å². The number of para-hydroxylation sites is 1. The van der Waals surface area contributed by atoms with Crippen LogP contribution in [0.25, 0.3) is 0 Å². The number of esters is 1. The second-order valence-electron chi connectivity index (χ2n) is 6.77. The number of methoxy groups -OCH3 is 1. The number of sulfonamides is 1. The summed E-state index contributed by atoms with van der Waals surface area (Å²) in [5.74, 6) is -0.970. The molecule has 0 aromatic heterocycles. The molecule has 3 rings (SSSR count). The van der Waals surface area contributed by atoms with Crippen molar-refractivity contribution in [1.29, 1.82) is 0 Å². The first-order valence-corrected chi connectivity index (χ1v) is 11.0. The molecule has 3 aromatic carbocycles. The van der Waals surface area contributed by atoms with Crippen LogP contribution in [0.3, 0.4) is 0 Å². The highest BCUT2D eigenvalue weighted by atomic mass is 32.2. The summed E-state index contributed by atoms with van der Waals surface area (Å²) < 4.78 is 32.7. The predicted molar refractivity (Wildman–Crippen MR) is 117 cm³/mol. The van der Waals surface area contributed by atoms with E-state index in [4.69, 9.17) is 0 Å². The van der Waals surface area contributed by atoms with Crippen molar-refractivity contribution in [3.63, 3.8) is 0 Å². The smallest absolute Gasteiger partial charge is 0.337 e. The van der Waals surface area contributed by atoms with Gasteiger partial charge in [-0.1, -0.05) is 42.5 Å². The fourth-order valence-corrected chi connectivity index (χ4v) is 4.04. The van der Waals surface area contributed by atoms with Crippen molar-refractivity contribution in [1.82, 2.24) is 5.32 Å². The van der Waals surface area contributed by atoms with Gasteiger partial charge in [0.2, 0.25) is 0 Å². The van der Waals surface area contributed by atoms with Crippen LogP contribution in [-0.2, 0) is 14.8 Å². The van der Waals surface area contributed by atoms with Crippen LogP contribution in [0.1, 0.15) is 39.2 Å². The Kier molecular flexibility index (Phi) is 6.71. The maximum atomic E-state index is 12.8. The number of benzene rings is 3. The van der Waals surface area contributed by atoms with E-state index < -0.39 is 21.9 Å². The molecule has 2 N–H and O–H groups in total. The lowest BCUT2D eigenvalue weighted by Gasteiger charge is -2.17. The maximum absolute atomic E-state index is 12.8. The third kappa shape index (κ3) is 5.29. The number of nitrogens with one attached hydrogen (secondary N) is 2. The zero-order valence-electron chi connectivity index (χ0n) is 17.0. The van der Waals surface area contributed by atoms with Crippen LogP contribution in [0.4, 0.5) is 5.69 Å². The fraction of sp³-hybridized carbons (Fsp3) is 0.130. The number of carbonyl (C=O) groups is 2. The molecule has 31 heavy (non-hydrogen) atoms. The van der Waals surface area contributed by atoms with Crippen molar-refractivity contribution in [3.05, 3.63) is 95.6 Å². The third-order valence-electron chi connectivity index (χ3n) is 4.65. The molecule has 0 bridgehead atoms. The van der Waals surface area contributed by atoms with Gasteiger partial charge in [0.25, 0.3) is 15.9 Å². The molecule has 0 saturated heterocycles. The van der Waals surface area contributed by atoms with Gasteiger partial charge in [0.15, 0.2) is 0 Å². The highest BCUT2D eigenvalue weighted by molar-refractivity contribution is 7.92. The Bertz CT molecular complexity index is 1180. The summed E-state index contributed by atoms with van der Waals surface area (Å²) in [6, 6.07) is 20.9. The van der Waals surface area contributed by atoms with Crippen molar-refractivity contribution in [3.8, 4) is 0 Å². The van der Waals surface area contributed by atoms with E-state index in [0.717, 1.165) is 5.56 Å². The summed E-state index contributed by atoms with van der Waals surface area (Å²) in [6.45, 7) is 1.85. The largest absolute Gasteiger partial charge is 0.465 e. The van der Waals surface area contributed by atoms with E-state index in [2.05, 4.69) is 14.8 Å². The van der Waals surface area contributed by atoms with E-state index in [9.17, 15) is 18.0 Å². The number of hydrogen-bond donors (Lipinski definition) is 2. The maximum Gasteiger partial charge on any atom is 0.337 e. The molecule has 0 fully saturated rings. The molecule has 0 aliphatic heterocycles. The van der Waals surface area contributed by atoms with Gasteiger partial charge in [-0.25, -0.2) is 13.2 Å². The van der Waals surface area contributed by atoms with Gasteiger partial charge in [-0.2, -0.15) is 0 Å². The average Bonchev–Trinajstić information content (AvgIpc) is 2.79. The Labute approximate surface area is 181 Å². The van der Waals surface area contributed by atoms with E-state index in [1.165, 1.54) is 37.4 Å². The summed E-state index contributed by atoms with van der Waals surface area (Å²) in [5.41, 5.74) is 1.51. The quantitative estimate of drug-likeness (QED) is 0.547. The van der Waals surface area contributed by atoms with Crippen LogP contribution in [0.2, 0.25) is 0 Å². The number of anilines is 1. The minimum Gasteiger partial charge on any atom is -0.465 e. The Morgan fingerprint density at radius 2 is 1.48 bits per heavy atom. The van der Waals surface area contributed by atoms with E-state index in [1.54, 1.807) is 18.2 Å². The van der Waals surface area contributed by atoms with Crippen molar-refractivity contribution in [2.45, 2.75) is 17.9 Å². The molecule has 0 saturated carbocycles. The molecule has 3 aromatic rings. The summed E-state index contributed by atoms with van der Waals surface area (Å²) in [5, 5.41) is 2.88. The Balaban J connectivity index is 1.81. The highest BCUT2D eigenvalue weighted by Crippen LogP contribution is 2.22. The van der Waals surface area contributed by atoms with Gasteiger partial charge in [0.05, 0.1) is 34.9 Å². The summed E-state index contributed by atoms with van der Waals surface area (Å²) in [6.07, 6.45) is 0. The van der Waals surface area contributed by atoms with Gasteiger partial charge in [-0.05, 0) is 48.9 Å². The Morgan fingerprint density at radius 1 is 0.871 bits per heavy atom. The number of amides is 1. The second kappa shape index (κ2) is 9.44. The molecular formula is C23H22N2O5S. The van der Waals surface area contributed by atoms with Crippen LogP contribution < -0.4 is 10.0 Å². The fourth-order valence-electron chi connectivity index (χ4n) is 2.96. The molecule has 0 heterocycles. The molecule has 0 spiro atoms. The van der Waals surface area contributed by atoms with Crippen LogP contribution in [0.5, 0.6) is 0 Å². The SMILES string of the molecule is COC(=O)c1ccc(S(=O)(=O)Nc2ccccc2C(=O)NC(C)c2ccccc2)cc1. The summed E-state index contributed by atoms with van der Waals surface area (Å²) >= 11 is 0. The minimum absolute atomic E-state index is 0.0481. The highest BCUT2D eigenvalue weighted by Gasteiger charge is 2.20. The lowest BCUT2D eigenvalue weighted by molar-refractivity contribution is 0.0600. The number of rotatable bonds is 7. The summed E-state index contributed by atoms with van der Waals surface area (Å²) in [7, 11) is -2.74. The first-order chi connectivity index (χ1) is 14.8. The van der Waals surface area contributed by atoms with Gasteiger partial charge in [0.1, 0.15) is 0 Å². The molecule has 1 atom stereocenters. The third-order valence-corrected chi connectivity index (χ3v) is 6.03. The van der Waals surface area contributed by atoms with Gasteiger partial charge < -0.3 is 10.1 Å². The summed E-state index contributed by atoms with van der Waals surface area (Å²) in [4.78, 5) is 24.3. The lowest BCUT2D eigenvalue weighted by Crippen LogP contribution is -2.28. The second-order valence-corrected chi connectivity index (χ2v) is 8.46. The van der Waals surface area contributed by atoms with Crippen LogP contribution in [0, 0.1) is 0 Å². The molecule has 7 nitrogen and oxygen atoms in total. The monoisotopic (exact) mass is 438 g/mol. The van der Waals surface area contributed by atoms with Gasteiger partial charge in [-0.15, -0.1) is 0 Å².